The zero-order valence-corrected chi connectivity index (χ0v) is 10.9. The minimum Gasteiger partial charge on any atom is -0.336 e. The Balaban J connectivity index is 1.93. The fraction of sp³-hybridized carbons (Fsp3) is 0.308. The molecule has 1 N–H and O–H groups in total. The fourth-order valence-electron chi connectivity index (χ4n) is 1.86. The first-order valence-electron chi connectivity index (χ1n) is 5.81. The van der Waals surface area contributed by atoms with E-state index < -0.39 is 0 Å². The standard InChI is InChI=1S/C13H15ClFN3/c1-10(13-11(14)3-2-4-12(13)15)17-6-8-18-7-5-16-9-18/h2-5,7,9-10,17H,6,8H2,1H3. The van der Waals surface area contributed by atoms with Crippen molar-refractivity contribution >= 4 is 11.6 Å². The molecule has 2 rings (SSSR count). The van der Waals surface area contributed by atoms with Crippen LogP contribution >= 0.6 is 11.6 Å². The maximum Gasteiger partial charge on any atom is 0.129 e. The molecule has 0 aliphatic heterocycles. The zero-order chi connectivity index (χ0) is 13.0. The number of hydrogen-bond donors (Lipinski definition) is 1. The molecular formula is C13H15ClFN3. The first kappa shape index (κ1) is 13.1. The largest absolute Gasteiger partial charge is 0.336 e. The van der Waals surface area contributed by atoms with Crippen molar-refractivity contribution in [2.24, 2.45) is 0 Å². The summed E-state index contributed by atoms with van der Waals surface area (Å²) in [5.74, 6) is -0.273. The van der Waals surface area contributed by atoms with Gasteiger partial charge in [0.05, 0.1) is 6.33 Å². The summed E-state index contributed by atoms with van der Waals surface area (Å²) < 4.78 is 15.6. The van der Waals surface area contributed by atoms with Gasteiger partial charge in [-0.15, -0.1) is 0 Å². The normalized spacial score (nSPS) is 12.6. The number of imidazole rings is 1. The summed E-state index contributed by atoms with van der Waals surface area (Å²) in [6.07, 6.45) is 5.38. The topological polar surface area (TPSA) is 29.9 Å². The minimum absolute atomic E-state index is 0.123. The second kappa shape index (κ2) is 5.98. The molecule has 2 aromatic rings. The summed E-state index contributed by atoms with van der Waals surface area (Å²) >= 11 is 6.01. The summed E-state index contributed by atoms with van der Waals surface area (Å²) in [5, 5.41) is 3.70. The number of nitrogens with zero attached hydrogens (tertiary/aromatic N) is 2. The first-order valence-corrected chi connectivity index (χ1v) is 6.19. The third-order valence-electron chi connectivity index (χ3n) is 2.81. The lowest BCUT2D eigenvalue weighted by molar-refractivity contribution is 0.505. The lowest BCUT2D eigenvalue weighted by atomic mass is 10.1. The van der Waals surface area contributed by atoms with E-state index >= 15 is 0 Å². The first-order chi connectivity index (χ1) is 8.68. The number of benzene rings is 1. The van der Waals surface area contributed by atoms with Gasteiger partial charge < -0.3 is 9.88 Å². The lowest BCUT2D eigenvalue weighted by Crippen LogP contribution is -2.24. The van der Waals surface area contributed by atoms with Crippen LogP contribution in [0, 0.1) is 5.82 Å². The quantitative estimate of drug-likeness (QED) is 0.902. The van der Waals surface area contributed by atoms with Crippen LogP contribution in [-0.4, -0.2) is 16.1 Å². The van der Waals surface area contributed by atoms with Gasteiger partial charge in [-0.05, 0) is 19.1 Å². The van der Waals surface area contributed by atoms with Crippen molar-refractivity contribution in [2.45, 2.75) is 19.5 Å². The van der Waals surface area contributed by atoms with Gasteiger partial charge in [-0.1, -0.05) is 17.7 Å². The van der Waals surface area contributed by atoms with Crippen LogP contribution in [-0.2, 0) is 6.54 Å². The van der Waals surface area contributed by atoms with Crippen LogP contribution in [0.3, 0.4) is 0 Å². The molecule has 18 heavy (non-hydrogen) atoms. The van der Waals surface area contributed by atoms with Crippen molar-refractivity contribution in [3.8, 4) is 0 Å². The summed E-state index contributed by atoms with van der Waals surface area (Å²) in [7, 11) is 0. The summed E-state index contributed by atoms with van der Waals surface area (Å²) in [6, 6.07) is 4.62. The van der Waals surface area contributed by atoms with E-state index in [1.165, 1.54) is 6.07 Å². The number of halogens is 2. The van der Waals surface area contributed by atoms with Gasteiger partial charge >= 0.3 is 0 Å². The molecule has 5 heteroatoms. The average Bonchev–Trinajstić information content (AvgIpc) is 2.82. The van der Waals surface area contributed by atoms with Gasteiger partial charge in [-0.3, -0.25) is 0 Å². The monoisotopic (exact) mass is 267 g/mol. The number of rotatable bonds is 5. The Kier molecular flexibility index (Phi) is 4.33. The third-order valence-corrected chi connectivity index (χ3v) is 3.14. The van der Waals surface area contributed by atoms with Gasteiger partial charge in [0.25, 0.3) is 0 Å². The van der Waals surface area contributed by atoms with E-state index in [1.54, 1.807) is 24.7 Å². The summed E-state index contributed by atoms with van der Waals surface area (Å²) in [5.41, 5.74) is 0.518. The minimum atomic E-state index is -0.273. The molecule has 1 aromatic carbocycles. The highest BCUT2D eigenvalue weighted by molar-refractivity contribution is 6.31. The third kappa shape index (κ3) is 3.09. The Labute approximate surface area is 111 Å². The van der Waals surface area contributed by atoms with Crippen LogP contribution in [0.15, 0.2) is 36.9 Å². The molecule has 0 saturated carbocycles. The van der Waals surface area contributed by atoms with Crippen LogP contribution in [0.1, 0.15) is 18.5 Å². The van der Waals surface area contributed by atoms with Gasteiger partial charge in [0.2, 0.25) is 0 Å². The maximum absolute atomic E-state index is 13.7. The van der Waals surface area contributed by atoms with Gasteiger partial charge in [0.15, 0.2) is 0 Å². The second-order valence-corrected chi connectivity index (χ2v) is 4.52. The van der Waals surface area contributed by atoms with Crippen molar-refractivity contribution in [2.75, 3.05) is 6.54 Å². The molecule has 0 aliphatic rings. The van der Waals surface area contributed by atoms with Gasteiger partial charge in [0.1, 0.15) is 5.82 Å². The highest BCUT2D eigenvalue weighted by Gasteiger charge is 2.13. The molecule has 1 atom stereocenters. The van der Waals surface area contributed by atoms with Crippen LogP contribution < -0.4 is 5.32 Å². The molecule has 0 aliphatic carbocycles. The van der Waals surface area contributed by atoms with Crippen molar-refractivity contribution < 1.29 is 4.39 Å². The average molecular weight is 268 g/mol. The summed E-state index contributed by atoms with van der Waals surface area (Å²) in [6.45, 7) is 3.41. The molecule has 1 unspecified atom stereocenters. The SMILES string of the molecule is CC(NCCn1ccnc1)c1c(F)cccc1Cl. The molecule has 1 heterocycles. The van der Waals surface area contributed by atoms with Crippen LogP contribution in [0.5, 0.6) is 0 Å². The van der Waals surface area contributed by atoms with E-state index in [9.17, 15) is 4.39 Å². The van der Waals surface area contributed by atoms with E-state index in [0.29, 0.717) is 10.6 Å². The maximum atomic E-state index is 13.7. The van der Waals surface area contributed by atoms with Crippen molar-refractivity contribution in [3.05, 3.63) is 53.3 Å². The zero-order valence-electron chi connectivity index (χ0n) is 10.1. The molecule has 0 fully saturated rings. The van der Waals surface area contributed by atoms with E-state index in [-0.39, 0.29) is 11.9 Å². The molecular weight excluding hydrogens is 253 g/mol. The molecule has 0 radical (unpaired) electrons. The van der Waals surface area contributed by atoms with E-state index in [4.69, 9.17) is 11.6 Å². The lowest BCUT2D eigenvalue weighted by Gasteiger charge is -2.16. The van der Waals surface area contributed by atoms with Crippen molar-refractivity contribution in [1.29, 1.82) is 0 Å². The number of hydrogen-bond acceptors (Lipinski definition) is 2. The van der Waals surface area contributed by atoms with Gasteiger partial charge in [0, 0.05) is 42.1 Å². The van der Waals surface area contributed by atoms with Crippen LogP contribution in [0.25, 0.3) is 0 Å². The fourth-order valence-corrected chi connectivity index (χ4v) is 2.18. The van der Waals surface area contributed by atoms with E-state index in [1.807, 2.05) is 17.7 Å². The summed E-state index contributed by atoms with van der Waals surface area (Å²) in [4.78, 5) is 3.96. The smallest absolute Gasteiger partial charge is 0.129 e. The molecule has 1 aromatic heterocycles. The molecule has 3 nitrogen and oxygen atoms in total. The predicted molar refractivity (Wildman–Crippen MR) is 70.1 cm³/mol. The predicted octanol–water partition coefficient (Wildman–Crippen LogP) is 3.03. The highest BCUT2D eigenvalue weighted by atomic mass is 35.5. The second-order valence-electron chi connectivity index (χ2n) is 4.11. The Morgan fingerprint density at radius 3 is 3.00 bits per heavy atom. The Bertz CT molecular complexity index is 479. The molecule has 0 bridgehead atoms. The number of nitrogens with one attached hydrogen (secondary N) is 1. The highest BCUT2D eigenvalue weighted by Crippen LogP contribution is 2.25. The molecule has 0 saturated heterocycles. The molecule has 96 valence electrons. The van der Waals surface area contributed by atoms with Crippen LogP contribution in [0.2, 0.25) is 5.02 Å². The van der Waals surface area contributed by atoms with Crippen LogP contribution in [0.4, 0.5) is 4.39 Å². The van der Waals surface area contributed by atoms with Gasteiger partial charge in [-0.25, -0.2) is 9.37 Å². The van der Waals surface area contributed by atoms with Gasteiger partial charge in [-0.2, -0.15) is 0 Å². The molecule has 0 spiro atoms. The Hall–Kier alpha value is -1.39. The Morgan fingerprint density at radius 2 is 2.33 bits per heavy atom. The van der Waals surface area contributed by atoms with Crippen molar-refractivity contribution in [1.82, 2.24) is 14.9 Å². The number of aromatic nitrogens is 2. The Morgan fingerprint density at radius 1 is 1.50 bits per heavy atom. The molecule has 0 amide bonds. The van der Waals surface area contributed by atoms with Crippen molar-refractivity contribution in [3.63, 3.8) is 0 Å². The van der Waals surface area contributed by atoms with E-state index in [0.717, 1.165) is 13.1 Å². The van der Waals surface area contributed by atoms with E-state index in [2.05, 4.69) is 10.3 Å².